The van der Waals surface area contributed by atoms with E-state index in [4.69, 9.17) is 4.74 Å². The topological polar surface area (TPSA) is 168 Å². The fourth-order valence-corrected chi connectivity index (χ4v) is 4.04. The van der Waals surface area contributed by atoms with Gasteiger partial charge in [-0.15, -0.1) is 16.4 Å². The number of amides is 2. The number of carboxylic acids is 1. The van der Waals surface area contributed by atoms with Gasteiger partial charge in [-0.05, 0) is 38.1 Å². The Bertz CT molecular complexity index is 1430. The molecule has 0 saturated carbocycles. The van der Waals surface area contributed by atoms with Gasteiger partial charge in [-0.3, -0.25) is 14.7 Å². The van der Waals surface area contributed by atoms with Crippen LogP contribution in [0.25, 0.3) is 10.2 Å². The zero-order valence-electron chi connectivity index (χ0n) is 17.9. The first-order valence-corrected chi connectivity index (χ1v) is 10.8. The van der Waals surface area contributed by atoms with Gasteiger partial charge in [0.15, 0.2) is 11.5 Å². The fraction of sp³-hybridized carbons (Fsp3) is 0.143. The molecular formula is C21H18N6O6S. The minimum Gasteiger partial charge on any atom is -0.477 e. The number of anilines is 2. The van der Waals surface area contributed by atoms with Gasteiger partial charge in [0.05, 0.1) is 23.2 Å². The Hall–Kier alpha value is -4.52. The van der Waals surface area contributed by atoms with Crippen molar-refractivity contribution >= 4 is 56.9 Å². The van der Waals surface area contributed by atoms with Crippen LogP contribution in [0.4, 0.5) is 16.3 Å². The molecule has 174 valence electrons. The van der Waals surface area contributed by atoms with Crippen LogP contribution in [0.2, 0.25) is 0 Å². The summed E-state index contributed by atoms with van der Waals surface area (Å²) in [5.74, 6) is -2.36. The molecule has 13 heteroatoms. The zero-order valence-corrected chi connectivity index (χ0v) is 18.7. The van der Waals surface area contributed by atoms with E-state index in [1.165, 1.54) is 12.1 Å². The number of carboxylic acid groups (broad SMARTS) is 1. The van der Waals surface area contributed by atoms with Crippen LogP contribution in [-0.4, -0.2) is 55.6 Å². The van der Waals surface area contributed by atoms with Gasteiger partial charge in [0.25, 0.3) is 11.8 Å². The monoisotopic (exact) mass is 482 g/mol. The smallest absolute Gasteiger partial charge is 0.436 e. The average Bonchev–Trinajstić information content (AvgIpc) is 3.50. The van der Waals surface area contributed by atoms with Gasteiger partial charge >= 0.3 is 12.1 Å². The number of aromatic amines is 1. The first kappa shape index (κ1) is 22.7. The summed E-state index contributed by atoms with van der Waals surface area (Å²) in [5, 5.41) is 25.5. The Labute approximate surface area is 195 Å². The summed E-state index contributed by atoms with van der Waals surface area (Å²) >= 11 is 0.823. The molecule has 0 spiro atoms. The van der Waals surface area contributed by atoms with E-state index >= 15 is 0 Å². The molecule has 4 aromatic rings. The molecule has 0 saturated heterocycles. The molecule has 4 rings (SSSR count). The highest BCUT2D eigenvalue weighted by Gasteiger charge is 2.24. The van der Waals surface area contributed by atoms with Crippen LogP contribution in [0.3, 0.4) is 0 Å². The van der Waals surface area contributed by atoms with Crippen LogP contribution < -0.4 is 10.6 Å². The van der Waals surface area contributed by atoms with E-state index < -0.39 is 23.9 Å². The number of fused-ring (bicyclic) bond motifs is 1. The molecule has 4 N–H and O–H groups in total. The standard InChI is InChI=1S/C21H18N6O6S/c1-3-33-21(32)27-19-12(9-15(34-19)20(30)31)16(26-27)23-17(28)11-6-4-5-7-13(11)22-18(29)14-8-10(2)24-25-14/h4-9H,3H2,1-2H3,(H,22,29)(H,24,25)(H,30,31)(H,23,26,28). The molecule has 2 amide bonds. The van der Waals surface area contributed by atoms with Crippen molar-refractivity contribution in [3.8, 4) is 0 Å². The number of benzene rings is 1. The largest absolute Gasteiger partial charge is 0.477 e. The lowest BCUT2D eigenvalue weighted by molar-refractivity contribution is 0.0701. The molecule has 1 aromatic carbocycles. The van der Waals surface area contributed by atoms with E-state index in [1.54, 1.807) is 38.1 Å². The van der Waals surface area contributed by atoms with Crippen LogP contribution in [0.1, 0.15) is 43.1 Å². The number of ether oxygens (including phenoxy) is 1. The molecule has 3 heterocycles. The van der Waals surface area contributed by atoms with Crippen molar-refractivity contribution in [2.45, 2.75) is 13.8 Å². The van der Waals surface area contributed by atoms with Crippen molar-refractivity contribution in [1.82, 2.24) is 20.0 Å². The number of nitrogens with zero attached hydrogens (tertiary/aromatic N) is 3. The van der Waals surface area contributed by atoms with E-state index in [0.29, 0.717) is 5.69 Å². The number of aromatic carboxylic acids is 1. The fourth-order valence-electron chi connectivity index (χ4n) is 3.10. The summed E-state index contributed by atoms with van der Waals surface area (Å²) in [6.45, 7) is 3.46. The van der Waals surface area contributed by atoms with Crippen LogP contribution in [-0.2, 0) is 4.74 Å². The summed E-state index contributed by atoms with van der Waals surface area (Å²) in [6.07, 6.45) is -0.811. The Morgan fingerprint density at radius 2 is 1.91 bits per heavy atom. The highest BCUT2D eigenvalue weighted by molar-refractivity contribution is 7.20. The number of rotatable bonds is 6. The molecule has 3 aromatic heterocycles. The molecule has 0 aliphatic carbocycles. The van der Waals surface area contributed by atoms with Gasteiger partial charge in [-0.1, -0.05) is 12.1 Å². The first-order chi connectivity index (χ1) is 16.3. The Morgan fingerprint density at radius 3 is 2.59 bits per heavy atom. The summed E-state index contributed by atoms with van der Waals surface area (Å²) < 4.78 is 5.87. The van der Waals surface area contributed by atoms with Crippen molar-refractivity contribution in [1.29, 1.82) is 0 Å². The number of nitrogens with one attached hydrogen (secondary N) is 3. The van der Waals surface area contributed by atoms with Gasteiger partial charge in [0.2, 0.25) is 0 Å². The predicted octanol–water partition coefficient (Wildman–Crippen LogP) is 3.34. The van der Waals surface area contributed by atoms with Crippen molar-refractivity contribution in [2.24, 2.45) is 0 Å². The van der Waals surface area contributed by atoms with Gasteiger partial charge in [0.1, 0.15) is 9.71 Å². The van der Waals surface area contributed by atoms with E-state index in [2.05, 4.69) is 25.9 Å². The number of H-pyrrole nitrogens is 1. The van der Waals surface area contributed by atoms with E-state index in [9.17, 15) is 24.3 Å². The molecule has 0 atom stereocenters. The molecule has 0 aliphatic heterocycles. The molecular weight excluding hydrogens is 464 g/mol. The van der Waals surface area contributed by atoms with E-state index in [-0.39, 0.29) is 44.5 Å². The molecule has 0 aliphatic rings. The molecule has 0 radical (unpaired) electrons. The molecule has 12 nitrogen and oxygen atoms in total. The number of carbonyl (C=O) groups excluding carboxylic acids is 3. The van der Waals surface area contributed by atoms with Crippen LogP contribution in [0, 0.1) is 6.92 Å². The van der Waals surface area contributed by atoms with Crippen LogP contribution in [0.15, 0.2) is 36.4 Å². The SMILES string of the molecule is CCOC(=O)n1nc(NC(=O)c2ccccc2NC(=O)c2cc(C)[nH]n2)c2cc(C(=O)O)sc21. The number of aryl methyl sites for hydroxylation is 1. The predicted molar refractivity (Wildman–Crippen MR) is 123 cm³/mol. The van der Waals surface area contributed by atoms with Crippen molar-refractivity contribution < 1.29 is 29.0 Å². The number of hydrogen-bond acceptors (Lipinski definition) is 8. The van der Waals surface area contributed by atoms with Crippen LogP contribution in [0.5, 0.6) is 0 Å². The summed E-state index contributed by atoms with van der Waals surface area (Å²) in [7, 11) is 0. The van der Waals surface area contributed by atoms with E-state index in [0.717, 1.165) is 16.0 Å². The zero-order chi connectivity index (χ0) is 24.4. The number of para-hydroxylation sites is 1. The van der Waals surface area contributed by atoms with Crippen LogP contribution >= 0.6 is 11.3 Å². The Kier molecular flexibility index (Phi) is 6.10. The molecule has 34 heavy (non-hydrogen) atoms. The Balaban J connectivity index is 1.65. The second-order valence-electron chi connectivity index (χ2n) is 6.98. The third-order valence-corrected chi connectivity index (χ3v) is 5.70. The van der Waals surface area contributed by atoms with Gasteiger partial charge in [-0.25, -0.2) is 9.59 Å². The first-order valence-electron chi connectivity index (χ1n) is 9.95. The minimum absolute atomic E-state index is 0.0270. The second kappa shape index (κ2) is 9.15. The van der Waals surface area contributed by atoms with Gasteiger partial charge in [-0.2, -0.15) is 9.78 Å². The van der Waals surface area contributed by atoms with Gasteiger partial charge < -0.3 is 20.5 Å². The maximum atomic E-state index is 13.1. The third kappa shape index (κ3) is 4.36. The average molecular weight is 482 g/mol. The van der Waals surface area contributed by atoms with E-state index in [1.807, 2.05) is 0 Å². The number of carbonyl (C=O) groups is 4. The highest BCUT2D eigenvalue weighted by atomic mass is 32.1. The van der Waals surface area contributed by atoms with Crippen molar-refractivity contribution in [3.63, 3.8) is 0 Å². The third-order valence-electron chi connectivity index (χ3n) is 4.60. The second-order valence-corrected chi connectivity index (χ2v) is 8.01. The summed E-state index contributed by atoms with van der Waals surface area (Å²) in [5.41, 5.74) is 1.20. The molecule has 0 bridgehead atoms. The number of aromatic nitrogens is 4. The summed E-state index contributed by atoms with van der Waals surface area (Å²) in [6, 6.07) is 9.18. The highest BCUT2D eigenvalue weighted by Crippen LogP contribution is 2.32. The van der Waals surface area contributed by atoms with Crippen molar-refractivity contribution in [2.75, 3.05) is 17.2 Å². The quantitative estimate of drug-likeness (QED) is 0.324. The number of hydrogen-bond donors (Lipinski definition) is 4. The molecule has 0 unspecified atom stereocenters. The molecule has 0 fully saturated rings. The lowest BCUT2D eigenvalue weighted by Gasteiger charge is -2.10. The number of thiophene rings is 1. The van der Waals surface area contributed by atoms with Crippen molar-refractivity contribution in [3.05, 3.63) is 58.2 Å². The minimum atomic E-state index is -1.18. The summed E-state index contributed by atoms with van der Waals surface area (Å²) in [4.78, 5) is 49.5. The van der Waals surface area contributed by atoms with Gasteiger partial charge in [0, 0.05) is 5.69 Å². The Morgan fingerprint density at radius 1 is 1.15 bits per heavy atom. The maximum Gasteiger partial charge on any atom is 0.436 e. The maximum absolute atomic E-state index is 13.1. The normalized spacial score (nSPS) is 10.8. The lowest BCUT2D eigenvalue weighted by atomic mass is 10.1. The lowest BCUT2D eigenvalue weighted by Crippen LogP contribution is -2.19.